The molecule has 0 heterocycles. The molecule has 0 fully saturated rings. The molecule has 0 aliphatic heterocycles. The molecule has 0 aliphatic rings. The van der Waals surface area contributed by atoms with E-state index in [-0.39, 0.29) is 17.1 Å². The van der Waals surface area contributed by atoms with Gasteiger partial charge in [-0.25, -0.2) is 8.78 Å². The summed E-state index contributed by atoms with van der Waals surface area (Å²) in [5.41, 5.74) is 0.0630. The van der Waals surface area contributed by atoms with Crippen molar-refractivity contribution >= 4 is 17.3 Å². The van der Waals surface area contributed by atoms with Gasteiger partial charge in [-0.1, -0.05) is 6.08 Å². The number of hydrogen-bond donors (Lipinski definition) is 1. The van der Waals surface area contributed by atoms with Crippen LogP contribution in [0.25, 0.3) is 0 Å². The van der Waals surface area contributed by atoms with E-state index in [1.165, 1.54) is 24.3 Å². The average Bonchev–Trinajstić information content (AvgIpc) is 2.57. The quantitative estimate of drug-likeness (QED) is 0.471. The standard InChI is InChI=1S/C17H14F2N2O4/c1-2-3-11-8-13(21(23)24)5-7-16(11)25-10-17(22)20-15-9-12(18)4-6-14(15)19/h2,4-9H,1,3,10H2,(H,20,22). The number of nitrogens with zero attached hydrogens (tertiary/aromatic N) is 1. The van der Waals surface area contributed by atoms with Gasteiger partial charge in [0.1, 0.15) is 17.4 Å². The van der Waals surface area contributed by atoms with E-state index in [9.17, 15) is 23.7 Å². The van der Waals surface area contributed by atoms with Gasteiger partial charge in [0, 0.05) is 23.8 Å². The van der Waals surface area contributed by atoms with Crippen LogP contribution in [-0.2, 0) is 11.2 Å². The fourth-order valence-electron chi connectivity index (χ4n) is 2.06. The van der Waals surface area contributed by atoms with Crippen molar-refractivity contribution in [1.82, 2.24) is 0 Å². The summed E-state index contributed by atoms with van der Waals surface area (Å²) in [6, 6.07) is 6.60. The second-order valence-electron chi connectivity index (χ2n) is 5.00. The molecule has 1 amide bonds. The molecule has 2 aromatic rings. The minimum absolute atomic E-state index is 0.115. The van der Waals surface area contributed by atoms with Gasteiger partial charge in [-0.15, -0.1) is 6.58 Å². The Labute approximate surface area is 141 Å². The number of allylic oxidation sites excluding steroid dienone is 1. The van der Waals surface area contributed by atoms with Gasteiger partial charge in [0.25, 0.3) is 11.6 Å². The first kappa shape index (κ1) is 18.1. The molecule has 8 heteroatoms. The Morgan fingerprint density at radius 1 is 1.28 bits per heavy atom. The lowest BCUT2D eigenvalue weighted by Gasteiger charge is -2.11. The molecule has 0 atom stereocenters. The lowest BCUT2D eigenvalue weighted by Crippen LogP contribution is -2.21. The Balaban J connectivity index is 2.07. The smallest absolute Gasteiger partial charge is 0.269 e. The van der Waals surface area contributed by atoms with Crippen LogP contribution in [0.3, 0.4) is 0 Å². The van der Waals surface area contributed by atoms with Crippen LogP contribution in [0.15, 0.2) is 49.1 Å². The van der Waals surface area contributed by atoms with Crippen LogP contribution in [0.2, 0.25) is 0 Å². The Morgan fingerprint density at radius 2 is 2.04 bits per heavy atom. The molecular formula is C17H14F2N2O4. The second kappa shape index (κ2) is 8.00. The molecule has 0 aromatic heterocycles. The van der Waals surface area contributed by atoms with Gasteiger partial charge < -0.3 is 10.1 Å². The third-order valence-corrected chi connectivity index (χ3v) is 3.18. The molecule has 6 nitrogen and oxygen atoms in total. The highest BCUT2D eigenvalue weighted by molar-refractivity contribution is 5.92. The molecule has 1 N–H and O–H groups in total. The molecule has 0 saturated heterocycles. The van der Waals surface area contributed by atoms with E-state index in [2.05, 4.69) is 11.9 Å². The number of rotatable bonds is 7. The number of benzene rings is 2. The first-order valence-corrected chi connectivity index (χ1v) is 7.16. The molecule has 0 saturated carbocycles. The Morgan fingerprint density at radius 3 is 2.72 bits per heavy atom. The highest BCUT2D eigenvalue weighted by Gasteiger charge is 2.13. The summed E-state index contributed by atoms with van der Waals surface area (Å²) in [6.07, 6.45) is 1.84. The normalized spacial score (nSPS) is 10.2. The monoisotopic (exact) mass is 348 g/mol. The van der Waals surface area contributed by atoms with Crippen molar-refractivity contribution in [2.24, 2.45) is 0 Å². The molecule has 0 bridgehead atoms. The third-order valence-electron chi connectivity index (χ3n) is 3.18. The average molecular weight is 348 g/mol. The van der Waals surface area contributed by atoms with Gasteiger partial charge >= 0.3 is 0 Å². The SMILES string of the molecule is C=CCc1cc([N+](=O)[O-])ccc1OCC(=O)Nc1cc(F)ccc1F. The van der Waals surface area contributed by atoms with Crippen molar-refractivity contribution < 1.29 is 23.2 Å². The van der Waals surface area contributed by atoms with E-state index in [1.807, 2.05) is 0 Å². The van der Waals surface area contributed by atoms with E-state index in [0.717, 1.165) is 18.2 Å². The summed E-state index contributed by atoms with van der Waals surface area (Å²) in [7, 11) is 0. The van der Waals surface area contributed by atoms with Crippen LogP contribution >= 0.6 is 0 Å². The van der Waals surface area contributed by atoms with Crippen LogP contribution in [-0.4, -0.2) is 17.4 Å². The fourth-order valence-corrected chi connectivity index (χ4v) is 2.06. The first-order valence-electron chi connectivity index (χ1n) is 7.16. The molecule has 2 rings (SSSR count). The number of halogens is 2. The maximum Gasteiger partial charge on any atom is 0.269 e. The Bertz CT molecular complexity index is 824. The molecule has 0 unspecified atom stereocenters. The van der Waals surface area contributed by atoms with Gasteiger partial charge in [0.05, 0.1) is 10.6 Å². The number of nitrogens with one attached hydrogen (secondary N) is 1. The van der Waals surface area contributed by atoms with Crippen LogP contribution < -0.4 is 10.1 Å². The summed E-state index contributed by atoms with van der Waals surface area (Å²) in [5, 5.41) is 13.0. The topological polar surface area (TPSA) is 81.5 Å². The van der Waals surface area contributed by atoms with Crippen molar-refractivity contribution in [2.45, 2.75) is 6.42 Å². The molecule has 130 valence electrons. The van der Waals surface area contributed by atoms with Crippen molar-refractivity contribution in [3.8, 4) is 5.75 Å². The highest BCUT2D eigenvalue weighted by Crippen LogP contribution is 2.25. The summed E-state index contributed by atoms with van der Waals surface area (Å²) in [6.45, 7) is 3.08. The Hall–Kier alpha value is -3.29. The largest absolute Gasteiger partial charge is 0.483 e. The number of amides is 1. The number of nitro benzene ring substituents is 1. The van der Waals surface area contributed by atoms with Crippen LogP contribution in [0.1, 0.15) is 5.56 Å². The lowest BCUT2D eigenvalue weighted by atomic mass is 10.1. The zero-order chi connectivity index (χ0) is 18.4. The number of ether oxygens (including phenoxy) is 1. The molecule has 0 aliphatic carbocycles. The summed E-state index contributed by atoms with van der Waals surface area (Å²) in [5.74, 6) is -1.91. The van der Waals surface area contributed by atoms with Gasteiger partial charge in [0.2, 0.25) is 0 Å². The van der Waals surface area contributed by atoms with E-state index in [4.69, 9.17) is 4.74 Å². The van der Waals surface area contributed by atoms with Gasteiger partial charge in [-0.2, -0.15) is 0 Å². The summed E-state index contributed by atoms with van der Waals surface area (Å²) >= 11 is 0. The van der Waals surface area contributed by atoms with E-state index in [0.29, 0.717) is 12.0 Å². The Kier molecular flexibility index (Phi) is 5.78. The molecule has 0 spiro atoms. The minimum atomic E-state index is -0.780. The summed E-state index contributed by atoms with van der Waals surface area (Å²) < 4.78 is 31.9. The zero-order valence-corrected chi connectivity index (χ0v) is 13.0. The maximum absolute atomic E-state index is 13.5. The zero-order valence-electron chi connectivity index (χ0n) is 13.0. The van der Waals surface area contributed by atoms with Crippen LogP contribution in [0, 0.1) is 21.7 Å². The van der Waals surface area contributed by atoms with Crippen molar-refractivity contribution in [2.75, 3.05) is 11.9 Å². The highest BCUT2D eigenvalue weighted by atomic mass is 19.1. The van der Waals surface area contributed by atoms with Gasteiger partial charge in [-0.05, 0) is 24.6 Å². The molecule has 25 heavy (non-hydrogen) atoms. The lowest BCUT2D eigenvalue weighted by molar-refractivity contribution is -0.384. The van der Waals surface area contributed by atoms with E-state index >= 15 is 0 Å². The van der Waals surface area contributed by atoms with Crippen molar-refractivity contribution in [3.05, 3.63) is 76.4 Å². The van der Waals surface area contributed by atoms with E-state index < -0.39 is 29.1 Å². The number of carbonyl (C=O) groups excluding carboxylic acids is 1. The van der Waals surface area contributed by atoms with E-state index in [1.54, 1.807) is 0 Å². The predicted octanol–water partition coefficient (Wildman–Crippen LogP) is 3.62. The van der Waals surface area contributed by atoms with Crippen LogP contribution in [0.5, 0.6) is 5.75 Å². The molecular weight excluding hydrogens is 334 g/mol. The maximum atomic E-state index is 13.5. The first-order chi connectivity index (χ1) is 11.9. The fraction of sp³-hybridized carbons (Fsp3) is 0.118. The predicted molar refractivity (Wildman–Crippen MR) is 87.5 cm³/mol. The van der Waals surface area contributed by atoms with Crippen molar-refractivity contribution in [1.29, 1.82) is 0 Å². The summed E-state index contributed by atoms with van der Waals surface area (Å²) in [4.78, 5) is 22.1. The number of nitro groups is 1. The van der Waals surface area contributed by atoms with Crippen LogP contribution in [0.4, 0.5) is 20.2 Å². The number of non-ortho nitro benzene ring substituents is 1. The number of carbonyl (C=O) groups is 1. The number of hydrogen-bond acceptors (Lipinski definition) is 4. The second-order valence-corrected chi connectivity index (χ2v) is 5.00. The van der Waals surface area contributed by atoms with Crippen molar-refractivity contribution in [3.63, 3.8) is 0 Å². The molecule has 0 radical (unpaired) electrons. The minimum Gasteiger partial charge on any atom is -0.483 e. The third kappa shape index (κ3) is 4.84. The van der Waals surface area contributed by atoms with Gasteiger partial charge in [-0.3, -0.25) is 14.9 Å². The number of anilines is 1. The molecule has 2 aromatic carbocycles. The van der Waals surface area contributed by atoms with Gasteiger partial charge in [0.15, 0.2) is 6.61 Å².